The van der Waals surface area contributed by atoms with E-state index in [2.05, 4.69) is 5.32 Å². The van der Waals surface area contributed by atoms with Gasteiger partial charge in [0.15, 0.2) is 0 Å². The Labute approximate surface area is 81.4 Å². The summed E-state index contributed by atoms with van der Waals surface area (Å²) >= 11 is 1.50. The number of carbonyl (C=O) groups excluding carboxylic acids is 1. The lowest BCUT2D eigenvalue weighted by molar-refractivity contribution is 0.0946. The fourth-order valence-electron chi connectivity index (χ4n) is 0.890. The van der Waals surface area contributed by atoms with Gasteiger partial charge >= 0.3 is 0 Å². The Balaban J connectivity index is 2.27. The average molecular weight is 199 g/mol. The van der Waals surface area contributed by atoms with E-state index in [9.17, 15) is 4.79 Å². The van der Waals surface area contributed by atoms with Gasteiger partial charge in [0.25, 0.3) is 5.91 Å². The molecule has 1 amide bonds. The molecule has 1 heterocycles. The highest BCUT2D eigenvalue weighted by Crippen LogP contribution is 2.05. The molecule has 3 nitrogen and oxygen atoms in total. The minimum Gasteiger partial charge on any atom is -0.393 e. The number of thiophene rings is 1. The second-order valence-corrected chi connectivity index (χ2v) is 3.69. The second-order valence-electron chi connectivity index (χ2n) is 2.91. The molecule has 0 aliphatic carbocycles. The fourth-order valence-corrected chi connectivity index (χ4v) is 1.53. The van der Waals surface area contributed by atoms with Crippen molar-refractivity contribution in [1.29, 1.82) is 0 Å². The van der Waals surface area contributed by atoms with Crippen molar-refractivity contribution in [1.82, 2.24) is 5.32 Å². The van der Waals surface area contributed by atoms with Gasteiger partial charge in [-0.3, -0.25) is 4.79 Å². The first kappa shape index (κ1) is 10.2. The summed E-state index contributed by atoms with van der Waals surface area (Å²) in [6, 6.07) is 1.78. The van der Waals surface area contributed by atoms with E-state index in [4.69, 9.17) is 5.11 Å². The molecule has 0 bridgehead atoms. The normalized spacial score (nSPS) is 12.5. The van der Waals surface area contributed by atoms with Crippen LogP contribution in [0.4, 0.5) is 0 Å². The fraction of sp³-hybridized carbons (Fsp3) is 0.444. The van der Waals surface area contributed by atoms with Gasteiger partial charge in [0.1, 0.15) is 0 Å². The topological polar surface area (TPSA) is 49.3 Å². The predicted molar refractivity (Wildman–Crippen MR) is 53.0 cm³/mol. The summed E-state index contributed by atoms with van der Waals surface area (Å²) < 4.78 is 0. The molecule has 0 saturated carbocycles. The van der Waals surface area contributed by atoms with Crippen LogP contribution in [-0.2, 0) is 0 Å². The summed E-state index contributed by atoms with van der Waals surface area (Å²) in [5, 5.41) is 15.3. The molecule has 1 aromatic rings. The first-order chi connectivity index (χ1) is 6.20. The van der Waals surface area contributed by atoms with Crippen LogP contribution in [0.15, 0.2) is 16.8 Å². The first-order valence-electron chi connectivity index (χ1n) is 4.18. The maximum atomic E-state index is 11.3. The third-order valence-corrected chi connectivity index (χ3v) is 2.31. The zero-order valence-electron chi connectivity index (χ0n) is 7.49. The molecule has 0 aliphatic heterocycles. The molecule has 0 saturated heterocycles. The SMILES string of the molecule is CC(O)CCNC(=O)c1ccsc1. The Morgan fingerprint density at radius 1 is 1.77 bits per heavy atom. The number of hydrogen-bond acceptors (Lipinski definition) is 3. The molecule has 0 aliphatic rings. The maximum Gasteiger partial charge on any atom is 0.252 e. The van der Waals surface area contributed by atoms with E-state index in [0.717, 1.165) is 0 Å². The molecule has 4 heteroatoms. The highest BCUT2D eigenvalue weighted by Gasteiger charge is 2.04. The van der Waals surface area contributed by atoms with Crippen LogP contribution in [0.1, 0.15) is 23.7 Å². The molecular weight excluding hydrogens is 186 g/mol. The number of aliphatic hydroxyl groups is 1. The minimum absolute atomic E-state index is 0.0677. The van der Waals surface area contributed by atoms with Crippen LogP contribution in [-0.4, -0.2) is 23.7 Å². The summed E-state index contributed by atoms with van der Waals surface area (Å²) in [5.41, 5.74) is 0.690. The molecule has 0 fully saturated rings. The van der Waals surface area contributed by atoms with Crippen molar-refractivity contribution in [3.8, 4) is 0 Å². The molecule has 0 radical (unpaired) electrons. The Morgan fingerprint density at radius 3 is 3.08 bits per heavy atom. The van der Waals surface area contributed by atoms with Gasteiger partial charge in [-0.15, -0.1) is 0 Å². The van der Waals surface area contributed by atoms with Crippen molar-refractivity contribution in [2.45, 2.75) is 19.4 Å². The van der Waals surface area contributed by atoms with Crippen LogP contribution in [0, 0.1) is 0 Å². The molecule has 1 rings (SSSR count). The van der Waals surface area contributed by atoms with Gasteiger partial charge in [-0.1, -0.05) is 0 Å². The monoisotopic (exact) mass is 199 g/mol. The number of aliphatic hydroxyl groups excluding tert-OH is 1. The van der Waals surface area contributed by atoms with Gasteiger partial charge in [0.05, 0.1) is 6.10 Å². The standard InChI is InChI=1S/C9H13NO2S/c1-7(11)2-4-10-9(12)8-3-5-13-6-8/h3,5-7,11H,2,4H2,1H3,(H,10,12). The van der Waals surface area contributed by atoms with Crippen LogP contribution in [0.3, 0.4) is 0 Å². The number of hydrogen-bond donors (Lipinski definition) is 2. The van der Waals surface area contributed by atoms with Crippen LogP contribution in [0.2, 0.25) is 0 Å². The third kappa shape index (κ3) is 3.57. The summed E-state index contributed by atoms with van der Waals surface area (Å²) in [4.78, 5) is 11.3. The molecule has 1 atom stereocenters. The number of carbonyl (C=O) groups is 1. The van der Waals surface area contributed by atoms with Gasteiger partial charge in [0, 0.05) is 17.5 Å². The largest absolute Gasteiger partial charge is 0.393 e. The molecule has 0 aromatic carbocycles. The first-order valence-corrected chi connectivity index (χ1v) is 5.13. The van der Waals surface area contributed by atoms with Crippen LogP contribution in [0.5, 0.6) is 0 Å². The predicted octanol–water partition coefficient (Wildman–Crippen LogP) is 1.25. The molecule has 1 aromatic heterocycles. The molecular formula is C9H13NO2S. The van der Waals surface area contributed by atoms with Crippen molar-refractivity contribution in [3.05, 3.63) is 22.4 Å². The third-order valence-electron chi connectivity index (χ3n) is 1.63. The van der Waals surface area contributed by atoms with E-state index in [1.165, 1.54) is 11.3 Å². The van der Waals surface area contributed by atoms with E-state index < -0.39 is 0 Å². The highest BCUT2D eigenvalue weighted by atomic mass is 32.1. The molecule has 72 valence electrons. The van der Waals surface area contributed by atoms with Crippen molar-refractivity contribution >= 4 is 17.2 Å². The lowest BCUT2D eigenvalue weighted by Crippen LogP contribution is -2.25. The lowest BCUT2D eigenvalue weighted by atomic mass is 10.2. The number of nitrogens with one attached hydrogen (secondary N) is 1. The van der Waals surface area contributed by atoms with Crippen molar-refractivity contribution < 1.29 is 9.90 Å². The zero-order valence-corrected chi connectivity index (χ0v) is 8.30. The highest BCUT2D eigenvalue weighted by molar-refractivity contribution is 7.08. The van der Waals surface area contributed by atoms with Crippen LogP contribution < -0.4 is 5.32 Å². The van der Waals surface area contributed by atoms with Crippen molar-refractivity contribution in [3.63, 3.8) is 0 Å². The Kier molecular flexibility index (Phi) is 3.92. The van der Waals surface area contributed by atoms with E-state index in [0.29, 0.717) is 18.5 Å². The maximum absolute atomic E-state index is 11.3. The van der Waals surface area contributed by atoms with Gasteiger partial charge in [-0.05, 0) is 24.8 Å². The molecule has 1 unspecified atom stereocenters. The van der Waals surface area contributed by atoms with E-state index in [1.807, 2.05) is 5.38 Å². The van der Waals surface area contributed by atoms with Crippen LogP contribution >= 0.6 is 11.3 Å². The quantitative estimate of drug-likeness (QED) is 0.766. The van der Waals surface area contributed by atoms with E-state index in [-0.39, 0.29) is 12.0 Å². The minimum atomic E-state index is -0.359. The van der Waals surface area contributed by atoms with Crippen LogP contribution in [0.25, 0.3) is 0 Å². The van der Waals surface area contributed by atoms with E-state index >= 15 is 0 Å². The Bertz CT molecular complexity index is 257. The van der Waals surface area contributed by atoms with Gasteiger partial charge in [-0.2, -0.15) is 11.3 Å². The summed E-state index contributed by atoms with van der Waals surface area (Å²) in [6.45, 7) is 2.23. The molecule has 13 heavy (non-hydrogen) atoms. The molecule has 2 N–H and O–H groups in total. The average Bonchev–Trinajstić information content (AvgIpc) is 2.55. The van der Waals surface area contributed by atoms with E-state index in [1.54, 1.807) is 18.4 Å². The Morgan fingerprint density at radius 2 is 2.54 bits per heavy atom. The van der Waals surface area contributed by atoms with Crippen molar-refractivity contribution in [2.75, 3.05) is 6.54 Å². The van der Waals surface area contributed by atoms with Gasteiger partial charge < -0.3 is 10.4 Å². The lowest BCUT2D eigenvalue weighted by Gasteiger charge is -2.05. The van der Waals surface area contributed by atoms with Crippen molar-refractivity contribution in [2.24, 2.45) is 0 Å². The van der Waals surface area contributed by atoms with Gasteiger partial charge in [0.2, 0.25) is 0 Å². The second kappa shape index (κ2) is 4.99. The zero-order chi connectivity index (χ0) is 9.68. The van der Waals surface area contributed by atoms with Gasteiger partial charge in [-0.25, -0.2) is 0 Å². The summed E-state index contributed by atoms with van der Waals surface area (Å²) in [5.74, 6) is -0.0677. The summed E-state index contributed by atoms with van der Waals surface area (Å²) in [7, 11) is 0. The summed E-state index contributed by atoms with van der Waals surface area (Å²) in [6.07, 6.45) is 0.235. The molecule has 0 spiro atoms. The number of amides is 1. The smallest absolute Gasteiger partial charge is 0.252 e. The number of rotatable bonds is 4. The Hall–Kier alpha value is -0.870.